The van der Waals surface area contributed by atoms with Crippen LogP contribution in [0.3, 0.4) is 0 Å². The molecule has 1 aromatic rings. The van der Waals surface area contributed by atoms with Gasteiger partial charge in [-0.05, 0) is 13.0 Å². The standard InChI is InChI=1S/C12H14N4O4/c1-3-15(7-6-12(17)20-2)11-5-4-10(16(18)19)9(8-13)14-11/h4-5H,3,6-7H2,1-2H3. The average Bonchev–Trinajstić information content (AvgIpc) is 2.46. The Balaban J connectivity index is 2.96. The van der Waals surface area contributed by atoms with E-state index >= 15 is 0 Å². The average molecular weight is 278 g/mol. The van der Waals surface area contributed by atoms with Gasteiger partial charge in [0.05, 0.1) is 18.5 Å². The molecule has 0 aromatic carbocycles. The first-order valence-electron chi connectivity index (χ1n) is 5.90. The quantitative estimate of drug-likeness (QED) is 0.437. The zero-order valence-electron chi connectivity index (χ0n) is 11.2. The molecule has 8 heteroatoms. The van der Waals surface area contributed by atoms with Crippen LogP contribution >= 0.6 is 0 Å². The molecule has 0 saturated heterocycles. The first-order chi connectivity index (χ1) is 9.53. The number of nitriles is 1. The Bertz CT molecular complexity index is 553. The van der Waals surface area contributed by atoms with Crippen molar-refractivity contribution in [2.24, 2.45) is 0 Å². The fourth-order valence-electron chi connectivity index (χ4n) is 1.61. The van der Waals surface area contributed by atoms with E-state index in [4.69, 9.17) is 5.26 Å². The number of nitrogens with zero attached hydrogens (tertiary/aromatic N) is 4. The predicted octanol–water partition coefficient (Wildman–Crippen LogP) is 1.25. The van der Waals surface area contributed by atoms with Crippen molar-refractivity contribution in [3.63, 3.8) is 0 Å². The van der Waals surface area contributed by atoms with Gasteiger partial charge in [-0.3, -0.25) is 14.9 Å². The molecular formula is C12H14N4O4. The lowest BCUT2D eigenvalue weighted by molar-refractivity contribution is -0.385. The Hall–Kier alpha value is -2.69. The second kappa shape index (κ2) is 7.04. The Kier molecular flexibility index (Phi) is 5.41. The highest BCUT2D eigenvalue weighted by Crippen LogP contribution is 2.20. The van der Waals surface area contributed by atoms with Crippen LogP contribution < -0.4 is 4.90 Å². The number of hydrogen-bond donors (Lipinski definition) is 0. The molecule has 0 N–H and O–H groups in total. The number of nitro groups is 1. The summed E-state index contributed by atoms with van der Waals surface area (Å²) in [6.45, 7) is 2.76. The summed E-state index contributed by atoms with van der Waals surface area (Å²) in [7, 11) is 1.30. The molecule has 8 nitrogen and oxygen atoms in total. The molecule has 0 aliphatic carbocycles. The molecule has 0 bridgehead atoms. The van der Waals surface area contributed by atoms with Crippen molar-refractivity contribution in [2.45, 2.75) is 13.3 Å². The lowest BCUT2D eigenvalue weighted by Crippen LogP contribution is -2.27. The number of hydrogen-bond acceptors (Lipinski definition) is 7. The van der Waals surface area contributed by atoms with E-state index in [0.29, 0.717) is 18.9 Å². The van der Waals surface area contributed by atoms with E-state index in [1.807, 2.05) is 6.92 Å². The number of rotatable bonds is 6. The van der Waals surface area contributed by atoms with Gasteiger partial charge < -0.3 is 9.64 Å². The molecule has 1 aromatic heterocycles. The van der Waals surface area contributed by atoms with Gasteiger partial charge in [0.25, 0.3) is 0 Å². The van der Waals surface area contributed by atoms with E-state index in [9.17, 15) is 14.9 Å². The molecule has 0 radical (unpaired) electrons. The lowest BCUT2D eigenvalue weighted by Gasteiger charge is -2.21. The maximum Gasteiger partial charge on any atom is 0.307 e. The maximum absolute atomic E-state index is 11.1. The van der Waals surface area contributed by atoms with Crippen LogP contribution in [0.25, 0.3) is 0 Å². The number of pyridine rings is 1. The van der Waals surface area contributed by atoms with Crippen LogP contribution in [0.4, 0.5) is 11.5 Å². The lowest BCUT2D eigenvalue weighted by atomic mass is 10.3. The third-order valence-electron chi connectivity index (χ3n) is 2.68. The van der Waals surface area contributed by atoms with Crippen molar-refractivity contribution >= 4 is 17.5 Å². The number of ether oxygens (including phenoxy) is 1. The van der Waals surface area contributed by atoms with Crippen molar-refractivity contribution in [1.29, 1.82) is 5.26 Å². The highest BCUT2D eigenvalue weighted by Gasteiger charge is 2.18. The summed E-state index contributed by atoms with van der Waals surface area (Å²) in [4.78, 5) is 26.9. The van der Waals surface area contributed by atoms with Crippen molar-refractivity contribution in [2.75, 3.05) is 25.1 Å². The number of carbonyl (C=O) groups is 1. The first-order valence-corrected chi connectivity index (χ1v) is 5.90. The van der Waals surface area contributed by atoms with Crippen molar-refractivity contribution in [3.8, 4) is 6.07 Å². The Morgan fingerprint density at radius 1 is 1.60 bits per heavy atom. The zero-order valence-corrected chi connectivity index (χ0v) is 11.2. The summed E-state index contributed by atoms with van der Waals surface area (Å²) in [5.41, 5.74) is -0.579. The van der Waals surface area contributed by atoms with Crippen LogP contribution in [0.2, 0.25) is 0 Å². The monoisotopic (exact) mass is 278 g/mol. The zero-order chi connectivity index (χ0) is 15.1. The minimum Gasteiger partial charge on any atom is -0.469 e. The summed E-state index contributed by atoms with van der Waals surface area (Å²) >= 11 is 0. The molecule has 0 aliphatic rings. The third-order valence-corrected chi connectivity index (χ3v) is 2.68. The molecule has 0 aliphatic heterocycles. The largest absolute Gasteiger partial charge is 0.469 e. The SMILES string of the molecule is CCN(CCC(=O)OC)c1ccc([N+](=O)[O-])c(C#N)n1. The fourth-order valence-corrected chi connectivity index (χ4v) is 1.61. The second-order valence-corrected chi connectivity index (χ2v) is 3.81. The summed E-state index contributed by atoms with van der Waals surface area (Å²) in [6.07, 6.45) is 0.172. The maximum atomic E-state index is 11.1. The van der Waals surface area contributed by atoms with Gasteiger partial charge in [0.2, 0.25) is 5.69 Å². The number of methoxy groups -OCH3 is 1. The number of esters is 1. The molecular weight excluding hydrogens is 264 g/mol. The highest BCUT2D eigenvalue weighted by atomic mass is 16.6. The van der Waals surface area contributed by atoms with Gasteiger partial charge in [-0.15, -0.1) is 0 Å². The molecule has 0 saturated carbocycles. The van der Waals surface area contributed by atoms with E-state index in [-0.39, 0.29) is 23.8 Å². The van der Waals surface area contributed by atoms with Crippen LogP contribution in [-0.2, 0) is 9.53 Å². The number of aromatic nitrogens is 1. The van der Waals surface area contributed by atoms with Gasteiger partial charge in [0, 0.05) is 19.2 Å². The van der Waals surface area contributed by atoms with Crippen LogP contribution in [-0.4, -0.2) is 36.1 Å². The normalized spacial score (nSPS) is 9.65. The summed E-state index contributed by atoms with van der Waals surface area (Å²) in [6, 6.07) is 4.40. The van der Waals surface area contributed by atoms with Gasteiger partial charge in [-0.25, -0.2) is 4.98 Å². The number of anilines is 1. The Labute approximate surface area is 115 Å². The molecule has 1 rings (SSSR count). The molecule has 1 heterocycles. The molecule has 0 atom stereocenters. The Morgan fingerprint density at radius 2 is 2.30 bits per heavy atom. The van der Waals surface area contributed by atoms with Gasteiger partial charge in [-0.2, -0.15) is 5.26 Å². The molecule has 0 amide bonds. The van der Waals surface area contributed by atoms with E-state index in [0.717, 1.165) is 0 Å². The summed E-state index contributed by atoms with van der Waals surface area (Å²) < 4.78 is 4.55. The van der Waals surface area contributed by atoms with E-state index in [1.165, 1.54) is 19.2 Å². The molecule has 0 unspecified atom stereocenters. The molecule has 0 fully saturated rings. The minimum atomic E-state index is -0.653. The van der Waals surface area contributed by atoms with Crippen LogP contribution in [0.1, 0.15) is 19.0 Å². The first kappa shape index (κ1) is 15.4. The van der Waals surface area contributed by atoms with Gasteiger partial charge in [0.1, 0.15) is 11.9 Å². The van der Waals surface area contributed by atoms with E-state index in [2.05, 4.69) is 9.72 Å². The Morgan fingerprint density at radius 3 is 2.80 bits per heavy atom. The molecule has 106 valence electrons. The van der Waals surface area contributed by atoms with Crippen LogP contribution in [0.5, 0.6) is 0 Å². The van der Waals surface area contributed by atoms with Gasteiger partial charge in [-0.1, -0.05) is 0 Å². The van der Waals surface area contributed by atoms with Gasteiger partial charge >= 0.3 is 11.7 Å². The second-order valence-electron chi connectivity index (χ2n) is 3.81. The third kappa shape index (κ3) is 3.65. The van der Waals surface area contributed by atoms with E-state index < -0.39 is 4.92 Å². The van der Waals surface area contributed by atoms with Crippen molar-refractivity contribution in [3.05, 3.63) is 27.9 Å². The van der Waals surface area contributed by atoms with Crippen LogP contribution in [0, 0.1) is 21.4 Å². The number of carbonyl (C=O) groups excluding carboxylic acids is 1. The topological polar surface area (TPSA) is 109 Å². The summed E-state index contributed by atoms with van der Waals surface area (Å²) in [5, 5.41) is 19.6. The van der Waals surface area contributed by atoms with Gasteiger partial charge in [0.15, 0.2) is 0 Å². The van der Waals surface area contributed by atoms with Crippen molar-refractivity contribution in [1.82, 2.24) is 4.98 Å². The highest BCUT2D eigenvalue weighted by molar-refractivity contribution is 5.70. The molecule has 20 heavy (non-hydrogen) atoms. The fraction of sp³-hybridized carbons (Fsp3) is 0.417. The van der Waals surface area contributed by atoms with Crippen molar-refractivity contribution < 1.29 is 14.5 Å². The summed E-state index contributed by atoms with van der Waals surface area (Å²) in [5.74, 6) is 0.0596. The predicted molar refractivity (Wildman–Crippen MR) is 70.1 cm³/mol. The van der Waals surface area contributed by atoms with E-state index in [1.54, 1.807) is 11.0 Å². The molecule has 0 spiro atoms. The van der Waals surface area contributed by atoms with Crippen LogP contribution in [0.15, 0.2) is 12.1 Å². The minimum absolute atomic E-state index is 0.172. The smallest absolute Gasteiger partial charge is 0.307 e.